The van der Waals surface area contributed by atoms with Crippen molar-refractivity contribution in [2.24, 2.45) is 11.8 Å². The number of methoxy groups -OCH3 is 2. The number of ether oxygens (including phenoxy) is 3. The van der Waals surface area contributed by atoms with E-state index in [4.69, 9.17) is 14.2 Å². The summed E-state index contributed by atoms with van der Waals surface area (Å²) < 4.78 is 16.3. The van der Waals surface area contributed by atoms with Crippen molar-refractivity contribution < 1.29 is 48.4 Å². The van der Waals surface area contributed by atoms with Crippen molar-refractivity contribution in [3.8, 4) is 17.2 Å². The second kappa shape index (κ2) is 21.8. The molecule has 6 atom stereocenters. The molecule has 0 heterocycles. The number of carbonyl (C=O) groups excluding carboxylic acids is 5. The molecular weight excluding hydrogens is 745 g/mol. The van der Waals surface area contributed by atoms with Gasteiger partial charge >= 0.3 is 11.9 Å². The zero-order chi connectivity index (χ0) is 43.3. The molecule has 0 aliphatic carbocycles. The van der Waals surface area contributed by atoms with Crippen LogP contribution in [0.5, 0.6) is 17.2 Å². The van der Waals surface area contributed by atoms with Gasteiger partial charge in [0.15, 0.2) is 6.10 Å². The average Bonchev–Trinajstić information content (AvgIpc) is 3.21. The van der Waals surface area contributed by atoms with E-state index in [0.29, 0.717) is 29.7 Å². The van der Waals surface area contributed by atoms with Gasteiger partial charge in [0, 0.05) is 32.9 Å². The highest BCUT2D eigenvalue weighted by molar-refractivity contribution is 5.95. The molecule has 0 unspecified atom stereocenters. The molecule has 3 N–H and O–H groups in total. The van der Waals surface area contributed by atoms with Crippen molar-refractivity contribution in [3.05, 3.63) is 89.5 Å². The molecule has 0 aliphatic rings. The fourth-order valence-electron chi connectivity index (χ4n) is 6.43. The van der Waals surface area contributed by atoms with Gasteiger partial charge in [-0.05, 0) is 85.9 Å². The summed E-state index contributed by atoms with van der Waals surface area (Å²) in [5.74, 6) is -3.22. The summed E-state index contributed by atoms with van der Waals surface area (Å²) in [6.07, 6.45) is -0.341. The number of likely N-dealkylation sites (N-methyl/N-ethyl adjacent to an activating group) is 3. The van der Waals surface area contributed by atoms with Crippen LogP contribution in [-0.4, -0.2) is 127 Å². The van der Waals surface area contributed by atoms with Crippen LogP contribution in [0.15, 0.2) is 72.8 Å². The van der Waals surface area contributed by atoms with Gasteiger partial charge in [-0.2, -0.15) is 0 Å². The van der Waals surface area contributed by atoms with Crippen molar-refractivity contribution in [2.75, 3.05) is 42.4 Å². The molecule has 0 saturated heterocycles. The lowest BCUT2D eigenvalue weighted by Gasteiger charge is -2.36. The van der Waals surface area contributed by atoms with E-state index in [2.05, 4.69) is 5.32 Å². The monoisotopic (exact) mass is 804 g/mol. The Bertz CT molecular complexity index is 1820. The fraction of sp³-hybridized carbons (Fsp3) is 0.477. The SMILES string of the molecule is CC[C@H](C)[C@H](OC(=O)[C@@H](Cc1ccc(OC)cc1)N(C)C)C(=O)N[C@@H](C(=O)N(C)[C@H](Cc1ccc(O)cc1)C(=O)N(C)[C@H](Cc1ccc(O)cc1)C(=O)OC)C(C)C. The Labute approximate surface area is 342 Å². The summed E-state index contributed by atoms with van der Waals surface area (Å²) in [6, 6.07) is 15.6. The first-order chi connectivity index (χ1) is 27.4. The number of amides is 3. The largest absolute Gasteiger partial charge is 0.508 e. The normalized spacial score (nSPS) is 14.3. The number of benzene rings is 3. The number of phenols is 2. The van der Waals surface area contributed by atoms with Gasteiger partial charge in [0.1, 0.15) is 41.4 Å². The molecule has 0 saturated carbocycles. The van der Waals surface area contributed by atoms with Gasteiger partial charge in [-0.3, -0.25) is 24.1 Å². The van der Waals surface area contributed by atoms with Gasteiger partial charge in [-0.25, -0.2) is 4.79 Å². The van der Waals surface area contributed by atoms with Crippen LogP contribution in [-0.2, 0) is 52.7 Å². The molecule has 0 aliphatic heterocycles. The van der Waals surface area contributed by atoms with E-state index < -0.39 is 71.8 Å². The number of hydrogen-bond acceptors (Lipinski definition) is 11. The lowest BCUT2D eigenvalue weighted by atomic mass is 9.96. The summed E-state index contributed by atoms with van der Waals surface area (Å²) in [7, 11) is 9.21. The smallest absolute Gasteiger partial charge is 0.328 e. The molecule has 0 spiro atoms. The lowest BCUT2D eigenvalue weighted by molar-refractivity contribution is -0.164. The van der Waals surface area contributed by atoms with Gasteiger partial charge in [0.25, 0.3) is 5.91 Å². The summed E-state index contributed by atoms with van der Waals surface area (Å²) in [4.78, 5) is 74.2. The van der Waals surface area contributed by atoms with Crippen molar-refractivity contribution in [1.29, 1.82) is 0 Å². The van der Waals surface area contributed by atoms with E-state index >= 15 is 0 Å². The second-order valence-corrected chi connectivity index (χ2v) is 15.2. The van der Waals surface area contributed by atoms with Gasteiger partial charge in [-0.1, -0.05) is 64.1 Å². The second-order valence-electron chi connectivity index (χ2n) is 15.2. The molecule has 316 valence electrons. The Hall–Kier alpha value is -5.63. The van der Waals surface area contributed by atoms with Crippen LogP contribution < -0.4 is 10.1 Å². The first kappa shape index (κ1) is 46.8. The van der Waals surface area contributed by atoms with Gasteiger partial charge in [0.05, 0.1) is 14.2 Å². The van der Waals surface area contributed by atoms with Crippen LogP contribution in [0.2, 0.25) is 0 Å². The molecule has 58 heavy (non-hydrogen) atoms. The highest BCUT2D eigenvalue weighted by Gasteiger charge is 2.40. The van der Waals surface area contributed by atoms with Crippen LogP contribution in [0.4, 0.5) is 0 Å². The highest BCUT2D eigenvalue weighted by Crippen LogP contribution is 2.22. The number of rotatable bonds is 20. The van der Waals surface area contributed by atoms with Crippen LogP contribution >= 0.6 is 0 Å². The number of hydrogen-bond donors (Lipinski definition) is 3. The van der Waals surface area contributed by atoms with Crippen molar-refractivity contribution >= 4 is 29.7 Å². The van der Waals surface area contributed by atoms with E-state index in [1.807, 2.05) is 19.1 Å². The van der Waals surface area contributed by atoms with Gasteiger partial charge in [-0.15, -0.1) is 0 Å². The quantitative estimate of drug-likeness (QED) is 0.141. The fourth-order valence-corrected chi connectivity index (χ4v) is 6.43. The minimum atomic E-state index is -1.23. The predicted molar refractivity (Wildman–Crippen MR) is 219 cm³/mol. The Morgan fingerprint density at radius 3 is 1.52 bits per heavy atom. The number of carbonyl (C=O) groups is 5. The zero-order valence-electron chi connectivity index (χ0n) is 35.3. The molecule has 0 radical (unpaired) electrons. The van der Waals surface area contributed by atoms with Gasteiger partial charge < -0.3 is 39.5 Å². The molecule has 0 bridgehead atoms. The van der Waals surface area contributed by atoms with Crippen LogP contribution in [0.3, 0.4) is 0 Å². The highest BCUT2D eigenvalue weighted by atomic mass is 16.6. The summed E-state index contributed by atoms with van der Waals surface area (Å²) >= 11 is 0. The van der Waals surface area contributed by atoms with E-state index in [0.717, 1.165) is 5.56 Å². The Balaban J connectivity index is 1.92. The van der Waals surface area contributed by atoms with E-state index in [9.17, 15) is 34.2 Å². The van der Waals surface area contributed by atoms with Crippen LogP contribution in [0, 0.1) is 11.8 Å². The molecule has 3 rings (SSSR count). The number of aromatic hydroxyl groups is 2. The molecular formula is C44H60N4O10. The summed E-state index contributed by atoms with van der Waals surface area (Å²) in [6.45, 7) is 7.18. The maximum Gasteiger partial charge on any atom is 0.328 e. The van der Waals surface area contributed by atoms with E-state index in [-0.39, 0.29) is 24.3 Å². The van der Waals surface area contributed by atoms with Crippen molar-refractivity contribution in [1.82, 2.24) is 20.0 Å². The van der Waals surface area contributed by atoms with Crippen LogP contribution in [0.25, 0.3) is 0 Å². The molecule has 3 amide bonds. The van der Waals surface area contributed by atoms with Crippen molar-refractivity contribution in [3.63, 3.8) is 0 Å². The molecule has 14 nitrogen and oxygen atoms in total. The van der Waals surface area contributed by atoms with Gasteiger partial charge in [0.2, 0.25) is 11.8 Å². The zero-order valence-corrected chi connectivity index (χ0v) is 35.3. The van der Waals surface area contributed by atoms with Crippen molar-refractivity contribution in [2.45, 2.75) is 83.6 Å². The molecule has 3 aromatic rings. The number of phenolic OH excluding ortho intramolecular Hbond substituents is 2. The third-order valence-corrected chi connectivity index (χ3v) is 10.5. The van der Waals surface area contributed by atoms with Crippen LogP contribution in [0.1, 0.15) is 50.8 Å². The Kier molecular flexibility index (Phi) is 17.5. The maximum atomic E-state index is 14.5. The molecule has 14 heteroatoms. The third-order valence-electron chi connectivity index (χ3n) is 10.5. The van der Waals surface area contributed by atoms with E-state index in [1.165, 1.54) is 55.3 Å². The predicted octanol–water partition coefficient (Wildman–Crippen LogP) is 3.99. The minimum Gasteiger partial charge on any atom is -0.508 e. The molecule has 3 aromatic carbocycles. The third kappa shape index (κ3) is 12.7. The maximum absolute atomic E-state index is 14.5. The summed E-state index contributed by atoms with van der Waals surface area (Å²) in [5, 5.41) is 22.6. The topological polar surface area (TPSA) is 175 Å². The first-order valence-corrected chi connectivity index (χ1v) is 19.4. The lowest BCUT2D eigenvalue weighted by Crippen LogP contribution is -2.59. The number of nitrogens with zero attached hydrogens (tertiary/aromatic N) is 3. The average molecular weight is 805 g/mol. The molecule has 0 fully saturated rings. The minimum absolute atomic E-state index is 0.00475. The Morgan fingerprint density at radius 1 is 0.638 bits per heavy atom. The Morgan fingerprint density at radius 2 is 1.09 bits per heavy atom. The molecule has 0 aromatic heterocycles. The number of esters is 2. The standard InChI is InChI=1S/C44H60N4O10/c1-11-28(4)39(58-44(55)36(46(5)6)25-31-16-22-34(56-9)23-17-31)40(51)45-38(27(2)3)42(53)47(7)35(24-29-12-18-32(49)19-13-29)41(52)48(8)37(43(54)57-10)26-30-14-20-33(50)21-15-30/h12-23,27-28,35-39,49-50H,11,24-26H2,1-10H3,(H,45,51)/t28-,35+,36+,37+,38+,39-/m0/s1. The summed E-state index contributed by atoms with van der Waals surface area (Å²) in [5.41, 5.74) is 2.15. The number of nitrogens with one attached hydrogen (secondary N) is 1. The van der Waals surface area contributed by atoms with E-state index in [1.54, 1.807) is 83.3 Å². The first-order valence-electron chi connectivity index (χ1n) is 19.4.